The Morgan fingerprint density at radius 2 is 1.83 bits per heavy atom. The summed E-state index contributed by atoms with van der Waals surface area (Å²) in [5.74, 6) is 0.519. The number of amides is 1. The molecule has 0 bridgehead atoms. The summed E-state index contributed by atoms with van der Waals surface area (Å²) in [6.07, 6.45) is 0. The first-order valence-corrected chi connectivity index (χ1v) is 8.65. The minimum Gasteiger partial charge on any atom is -0.508 e. The molecule has 0 aliphatic rings. The number of hydrogen-bond donors (Lipinski definition) is 2. The number of rotatable bonds is 4. The van der Waals surface area contributed by atoms with Crippen LogP contribution in [0.15, 0.2) is 60.7 Å². The van der Waals surface area contributed by atoms with Gasteiger partial charge in [-0.25, -0.2) is 0 Å². The van der Waals surface area contributed by atoms with Gasteiger partial charge in [0.05, 0.1) is 4.88 Å². The van der Waals surface area contributed by atoms with Gasteiger partial charge < -0.3 is 10.4 Å². The summed E-state index contributed by atoms with van der Waals surface area (Å²) in [6.45, 7) is 4.25. The summed E-state index contributed by atoms with van der Waals surface area (Å²) in [6, 6.07) is 18.7. The van der Waals surface area contributed by atoms with Crippen molar-refractivity contribution in [3.05, 3.63) is 71.1 Å². The van der Waals surface area contributed by atoms with Gasteiger partial charge in [0, 0.05) is 10.6 Å². The summed E-state index contributed by atoms with van der Waals surface area (Å²) in [4.78, 5) is 14.0. The Balaban J connectivity index is 1.78. The van der Waals surface area contributed by atoms with Crippen molar-refractivity contribution in [1.29, 1.82) is 0 Å². The maximum absolute atomic E-state index is 12.5. The summed E-state index contributed by atoms with van der Waals surface area (Å²) in [5.41, 5.74) is 2.90. The molecule has 3 rings (SSSR count). The lowest BCUT2D eigenvalue weighted by atomic mass is 10.0. The fraction of sp³-hybridized carbons (Fsp3) is 0.150. The monoisotopic (exact) mass is 337 g/mol. The second-order valence-corrected chi connectivity index (χ2v) is 7.03. The van der Waals surface area contributed by atoms with E-state index in [0.29, 0.717) is 10.8 Å². The van der Waals surface area contributed by atoms with E-state index in [4.69, 9.17) is 0 Å². The Kier molecular flexibility index (Phi) is 4.67. The Bertz CT molecular complexity index is 867. The van der Waals surface area contributed by atoms with Gasteiger partial charge in [-0.05, 0) is 53.4 Å². The maximum Gasteiger partial charge on any atom is 0.265 e. The van der Waals surface area contributed by atoms with Crippen LogP contribution in [0, 0.1) is 0 Å². The first-order chi connectivity index (χ1) is 11.5. The minimum absolute atomic E-state index is 0.118. The highest BCUT2D eigenvalue weighted by molar-refractivity contribution is 7.17. The molecule has 2 aromatic carbocycles. The third kappa shape index (κ3) is 3.66. The van der Waals surface area contributed by atoms with Crippen LogP contribution < -0.4 is 5.32 Å². The lowest BCUT2D eigenvalue weighted by molar-refractivity contribution is 0.103. The lowest BCUT2D eigenvalue weighted by Gasteiger charge is -2.08. The zero-order chi connectivity index (χ0) is 17.1. The number of nitrogens with one attached hydrogen (secondary N) is 1. The average Bonchev–Trinajstić information content (AvgIpc) is 3.05. The quantitative estimate of drug-likeness (QED) is 0.661. The minimum atomic E-state index is -0.118. The molecule has 0 unspecified atom stereocenters. The SMILES string of the molecule is CC(C)c1cccc(NC(=O)c2ccc(-c3cccc(O)c3)s2)c1. The largest absolute Gasteiger partial charge is 0.508 e. The van der Waals surface area contributed by atoms with Crippen molar-refractivity contribution in [3.8, 4) is 16.2 Å². The fourth-order valence-electron chi connectivity index (χ4n) is 2.44. The highest BCUT2D eigenvalue weighted by Crippen LogP contribution is 2.30. The van der Waals surface area contributed by atoms with E-state index in [1.54, 1.807) is 18.2 Å². The molecule has 24 heavy (non-hydrogen) atoms. The maximum atomic E-state index is 12.5. The molecule has 0 saturated carbocycles. The van der Waals surface area contributed by atoms with Gasteiger partial charge >= 0.3 is 0 Å². The molecule has 3 nitrogen and oxygen atoms in total. The van der Waals surface area contributed by atoms with Gasteiger partial charge in [-0.3, -0.25) is 4.79 Å². The normalized spacial score (nSPS) is 10.8. The highest BCUT2D eigenvalue weighted by atomic mass is 32.1. The van der Waals surface area contributed by atoms with Crippen molar-refractivity contribution in [2.75, 3.05) is 5.32 Å². The molecule has 1 aromatic heterocycles. The molecule has 0 aliphatic heterocycles. The number of hydrogen-bond acceptors (Lipinski definition) is 3. The third-order valence-corrected chi connectivity index (χ3v) is 4.90. The molecule has 0 atom stereocenters. The van der Waals surface area contributed by atoms with Gasteiger partial charge in [0.2, 0.25) is 0 Å². The van der Waals surface area contributed by atoms with Crippen LogP contribution in [0.25, 0.3) is 10.4 Å². The molecule has 1 heterocycles. The van der Waals surface area contributed by atoms with Crippen molar-refractivity contribution in [2.24, 2.45) is 0 Å². The molecule has 0 aliphatic carbocycles. The molecule has 0 spiro atoms. The van der Waals surface area contributed by atoms with Gasteiger partial charge in [-0.15, -0.1) is 11.3 Å². The number of aromatic hydroxyl groups is 1. The van der Waals surface area contributed by atoms with E-state index in [9.17, 15) is 9.90 Å². The number of phenolic OH excluding ortho intramolecular Hbond substituents is 1. The second-order valence-electron chi connectivity index (χ2n) is 5.95. The van der Waals surface area contributed by atoms with E-state index in [0.717, 1.165) is 16.1 Å². The van der Waals surface area contributed by atoms with Crippen molar-refractivity contribution < 1.29 is 9.90 Å². The summed E-state index contributed by atoms with van der Waals surface area (Å²) < 4.78 is 0. The Labute approximate surface area is 145 Å². The number of phenols is 1. The van der Waals surface area contributed by atoms with Gasteiger partial charge in [-0.1, -0.05) is 38.1 Å². The van der Waals surface area contributed by atoms with Crippen LogP contribution >= 0.6 is 11.3 Å². The molecule has 3 aromatic rings. The van der Waals surface area contributed by atoms with Gasteiger partial charge in [-0.2, -0.15) is 0 Å². The van der Waals surface area contributed by atoms with Crippen molar-refractivity contribution in [1.82, 2.24) is 0 Å². The van der Waals surface area contributed by atoms with Crippen LogP contribution in [0.5, 0.6) is 5.75 Å². The van der Waals surface area contributed by atoms with Crippen molar-refractivity contribution in [3.63, 3.8) is 0 Å². The van der Waals surface area contributed by atoms with Gasteiger partial charge in [0.1, 0.15) is 5.75 Å². The predicted molar refractivity (Wildman–Crippen MR) is 99.9 cm³/mol. The predicted octanol–water partition coefficient (Wildman–Crippen LogP) is 5.50. The first-order valence-electron chi connectivity index (χ1n) is 7.83. The fourth-order valence-corrected chi connectivity index (χ4v) is 3.34. The molecule has 4 heteroatoms. The van der Waals surface area contributed by atoms with Crippen molar-refractivity contribution in [2.45, 2.75) is 19.8 Å². The topological polar surface area (TPSA) is 49.3 Å². The number of carbonyl (C=O) groups excluding carboxylic acids is 1. The van der Waals surface area contributed by atoms with E-state index in [2.05, 4.69) is 25.2 Å². The van der Waals surface area contributed by atoms with E-state index < -0.39 is 0 Å². The lowest BCUT2D eigenvalue weighted by Crippen LogP contribution is -2.10. The van der Waals surface area contributed by atoms with Crippen LogP contribution in [0.3, 0.4) is 0 Å². The van der Waals surface area contributed by atoms with E-state index in [-0.39, 0.29) is 11.7 Å². The molecule has 0 fully saturated rings. The van der Waals surface area contributed by atoms with Crippen LogP contribution in [0.1, 0.15) is 35.0 Å². The Morgan fingerprint density at radius 3 is 2.58 bits per heavy atom. The summed E-state index contributed by atoms with van der Waals surface area (Å²) >= 11 is 1.41. The summed E-state index contributed by atoms with van der Waals surface area (Å²) in [5, 5.41) is 12.5. The Hall–Kier alpha value is -2.59. The molecule has 0 saturated heterocycles. The summed E-state index contributed by atoms with van der Waals surface area (Å²) in [7, 11) is 0. The highest BCUT2D eigenvalue weighted by Gasteiger charge is 2.11. The number of anilines is 1. The molecule has 122 valence electrons. The number of carbonyl (C=O) groups is 1. The standard InChI is InChI=1S/C20H19NO2S/c1-13(2)14-5-3-7-16(11-14)21-20(23)19-10-9-18(24-19)15-6-4-8-17(22)12-15/h3-13,22H,1-2H3,(H,21,23). The molecule has 2 N–H and O–H groups in total. The molecular formula is C20H19NO2S. The average molecular weight is 337 g/mol. The molecule has 0 radical (unpaired) electrons. The van der Waals surface area contributed by atoms with Crippen LogP contribution in [0.2, 0.25) is 0 Å². The van der Waals surface area contributed by atoms with Crippen molar-refractivity contribution >= 4 is 22.9 Å². The smallest absolute Gasteiger partial charge is 0.265 e. The van der Waals surface area contributed by atoms with Crippen LogP contribution in [-0.4, -0.2) is 11.0 Å². The zero-order valence-electron chi connectivity index (χ0n) is 13.6. The molecule has 1 amide bonds. The van der Waals surface area contributed by atoms with E-state index in [1.807, 2.05) is 36.4 Å². The number of benzene rings is 2. The second kappa shape index (κ2) is 6.89. The van der Waals surface area contributed by atoms with Gasteiger partial charge in [0.25, 0.3) is 5.91 Å². The molecular weight excluding hydrogens is 318 g/mol. The zero-order valence-corrected chi connectivity index (χ0v) is 14.4. The first kappa shape index (κ1) is 16.3. The van der Waals surface area contributed by atoms with Crippen LogP contribution in [-0.2, 0) is 0 Å². The van der Waals surface area contributed by atoms with Crippen LogP contribution in [0.4, 0.5) is 5.69 Å². The Morgan fingerprint density at radius 1 is 1.04 bits per heavy atom. The number of thiophene rings is 1. The van der Waals surface area contributed by atoms with E-state index in [1.165, 1.54) is 16.9 Å². The third-order valence-electron chi connectivity index (χ3n) is 3.77. The van der Waals surface area contributed by atoms with E-state index >= 15 is 0 Å². The van der Waals surface area contributed by atoms with Gasteiger partial charge in [0.15, 0.2) is 0 Å².